The molecular formula is C31H42N4O3. The van der Waals surface area contributed by atoms with E-state index in [1.807, 2.05) is 29.2 Å². The number of rotatable bonds is 10. The number of benzene rings is 2. The third-order valence-corrected chi connectivity index (χ3v) is 8.65. The van der Waals surface area contributed by atoms with E-state index in [-0.39, 0.29) is 5.91 Å². The normalized spacial score (nSPS) is 22.3. The molecule has 2 amide bonds. The summed E-state index contributed by atoms with van der Waals surface area (Å²) in [6.45, 7) is 6.36. The molecule has 3 fully saturated rings. The number of carbonyl (C=O) groups is 2. The molecule has 2 heterocycles. The molecule has 38 heavy (non-hydrogen) atoms. The minimum Gasteiger partial charge on any atom is -0.339 e. The van der Waals surface area contributed by atoms with Crippen LogP contribution in [0.25, 0.3) is 0 Å². The summed E-state index contributed by atoms with van der Waals surface area (Å²) in [6, 6.07) is 16.4. The maximum absolute atomic E-state index is 12.7. The molecule has 0 aromatic heterocycles. The number of nitrogens with zero attached hydrogens (tertiary/aromatic N) is 2. The maximum Gasteiger partial charge on any atom is 0.274 e. The van der Waals surface area contributed by atoms with Gasteiger partial charge in [-0.15, -0.1) is 0 Å². The molecule has 7 nitrogen and oxygen atoms in total. The first-order chi connectivity index (χ1) is 18.6. The molecule has 0 spiro atoms. The van der Waals surface area contributed by atoms with Crippen molar-refractivity contribution in [1.29, 1.82) is 0 Å². The van der Waals surface area contributed by atoms with E-state index in [1.165, 1.54) is 49.9 Å². The van der Waals surface area contributed by atoms with Gasteiger partial charge in [-0.3, -0.25) is 14.8 Å². The van der Waals surface area contributed by atoms with Crippen molar-refractivity contribution in [3.8, 4) is 0 Å². The second-order valence-corrected chi connectivity index (χ2v) is 11.4. The molecule has 0 radical (unpaired) electrons. The quantitative estimate of drug-likeness (QED) is 0.324. The van der Waals surface area contributed by atoms with Gasteiger partial charge in [-0.25, -0.2) is 5.48 Å². The largest absolute Gasteiger partial charge is 0.339 e. The number of likely N-dealkylation sites (tertiary alicyclic amines) is 2. The van der Waals surface area contributed by atoms with Crippen LogP contribution in [-0.4, -0.2) is 72.1 Å². The summed E-state index contributed by atoms with van der Waals surface area (Å²) in [7, 11) is 0. The Morgan fingerprint density at radius 1 is 0.868 bits per heavy atom. The highest BCUT2D eigenvalue weighted by atomic mass is 16.5. The van der Waals surface area contributed by atoms with Gasteiger partial charge in [0.25, 0.3) is 11.8 Å². The maximum atomic E-state index is 12.7. The predicted octanol–water partition coefficient (Wildman–Crippen LogP) is 4.22. The molecule has 1 aliphatic carbocycles. The first kappa shape index (κ1) is 26.9. The second kappa shape index (κ2) is 12.9. The van der Waals surface area contributed by atoms with E-state index >= 15 is 0 Å². The number of amides is 2. The number of hydrogen-bond donors (Lipinski definition) is 3. The van der Waals surface area contributed by atoms with Gasteiger partial charge in [-0.2, -0.15) is 0 Å². The van der Waals surface area contributed by atoms with Crippen LogP contribution in [0.4, 0.5) is 0 Å². The summed E-state index contributed by atoms with van der Waals surface area (Å²) in [6.07, 6.45) is 9.31. The lowest BCUT2D eigenvalue weighted by molar-refractivity contribution is 0.0704. The summed E-state index contributed by atoms with van der Waals surface area (Å²) in [5, 5.41) is 12.5. The SMILES string of the molecule is O=C(NO)c1ccc(CCCN2CCC(CN[C@H]3C[C@@H]3c3ccc(C(=O)N4CCCCC4)cc3)CC2)cc1. The molecule has 2 saturated heterocycles. The van der Waals surface area contributed by atoms with Gasteiger partial charge in [0.15, 0.2) is 0 Å². The van der Waals surface area contributed by atoms with E-state index in [4.69, 9.17) is 5.21 Å². The van der Waals surface area contributed by atoms with E-state index in [0.717, 1.165) is 63.3 Å². The number of nitrogens with one attached hydrogen (secondary N) is 2. The Balaban J connectivity index is 0.963. The molecule has 3 aliphatic rings. The Labute approximate surface area is 226 Å². The average Bonchev–Trinajstić information content (AvgIpc) is 3.76. The monoisotopic (exact) mass is 518 g/mol. The van der Waals surface area contributed by atoms with Crippen LogP contribution < -0.4 is 10.8 Å². The van der Waals surface area contributed by atoms with Crippen LogP contribution in [-0.2, 0) is 6.42 Å². The van der Waals surface area contributed by atoms with Crippen LogP contribution in [0.15, 0.2) is 48.5 Å². The minimum absolute atomic E-state index is 0.191. The molecule has 2 aliphatic heterocycles. The Kier molecular flexibility index (Phi) is 9.10. The Hall–Kier alpha value is -2.74. The Morgan fingerprint density at radius 2 is 1.55 bits per heavy atom. The molecule has 2 atom stereocenters. The van der Waals surface area contributed by atoms with Gasteiger partial charge in [0.2, 0.25) is 0 Å². The van der Waals surface area contributed by atoms with Crippen LogP contribution in [0.1, 0.15) is 82.7 Å². The van der Waals surface area contributed by atoms with Crippen molar-refractivity contribution < 1.29 is 14.8 Å². The number of hydrogen-bond acceptors (Lipinski definition) is 5. The highest BCUT2D eigenvalue weighted by Crippen LogP contribution is 2.41. The number of piperidine rings is 2. The zero-order valence-corrected chi connectivity index (χ0v) is 22.4. The van der Waals surface area contributed by atoms with Crippen molar-refractivity contribution in [1.82, 2.24) is 20.6 Å². The lowest BCUT2D eigenvalue weighted by Crippen LogP contribution is -2.38. The Bertz CT molecular complexity index is 1060. The fourth-order valence-electron chi connectivity index (χ4n) is 6.07. The van der Waals surface area contributed by atoms with E-state index in [0.29, 0.717) is 17.5 Å². The number of carbonyl (C=O) groups excluding carboxylic acids is 2. The molecule has 204 valence electrons. The zero-order chi connectivity index (χ0) is 26.3. The summed E-state index contributed by atoms with van der Waals surface area (Å²) in [5.74, 6) is 1.06. The third-order valence-electron chi connectivity index (χ3n) is 8.65. The summed E-state index contributed by atoms with van der Waals surface area (Å²) in [4.78, 5) is 28.7. The van der Waals surface area contributed by atoms with Gasteiger partial charge >= 0.3 is 0 Å². The molecule has 0 bridgehead atoms. The van der Waals surface area contributed by atoms with Crippen molar-refractivity contribution in [3.05, 3.63) is 70.8 Å². The number of aryl methyl sites for hydroxylation is 1. The summed E-state index contributed by atoms with van der Waals surface area (Å²) >= 11 is 0. The van der Waals surface area contributed by atoms with Crippen LogP contribution in [0.3, 0.4) is 0 Å². The van der Waals surface area contributed by atoms with Gasteiger partial charge in [-0.05, 0) is 119 Å². The van der Waals surface area contributed by atoms with Crippen LogP contribution >= 0.6 is 0 Å². The van der Waals surface area contributed by atoms with Gasteiger partial charge in [0.1, 0.15) is 0 Å². The number of hydroxylamine groups is 1. The smallest absolute Gasteiger partial charge is 0.274 e. The standard InChI is InChI=1S/C31H42N4O3/c36-30(33-38)26-8-6-23(7-9-26)5-4-16-34-19-14-24(15-20-34)22-32-29-21-28(29)25-10-12-27(13-11-25)31(37)35-17-2-1-3-18-35/h6-13,24,28-29,32,38H,1-5,14-22H2,(H,33,36)/t28-,29+/m1/s1. The molecule has 2 aromatic rings. The zero-order valence-electron chi connectivity index (χ0n) is 22.4. The van der Waals surface area contributed by atoms with Gasteiger partial charge < -0.3 is 15.1 Å². The van der Waals surface area contributed by atoms with Crippen molar-refractivity contribution >= 4 is 11.8 Å². The van der Waals surface area contributed by atoms with Crippen molar-refractivity contribution in [3.63, 3.8) is 0 Å². The van der Waals surface area contributed by atoms with Crippen molar-refractivity contribution in [2.45, 2.75) is 63.3 Å². The van der Waals surface area contributed by atoms with E-state index in [1.54, 1.807) is 17.6 Å². The molecular weight excluding hydrogens is 476 g/mol. The fourth-order valence-corrected chi connectivity index (χ4v) is 6.07. The predicted molar refractivity (Wildman–Crippen MR) is 149 cm³/mol. The molecule has 2 aromatic carbocycles. The van der Waals surface area contributed by atoms with Gasteiger partial charge in [-0.1, -0.05) is 24.3 Å². The first-order valence-electron chi connectivity index (χ1n) is 14.5. The van der Waals surface area contributed by atoms with E-state index < -0.39 is 5.91 Å². The van der Waals surface area contributed by atoms with Crippen molar-refractivity contribution in [2.75, 3.05) is 39.3 Å². The fraction of sp³-hybridized carbons (Fsp3) is 0.548. The van der Waals surface area contributed by atoms with Crippen LogP contribution in [0.5, 0.6) is 0 Å². The van der Waals surface area contributed by atoms with Crippen molar-refractivity contribution in [2.24, 2.45) is 5.92 Å². The summed E-state index contributed by atoms with van der Waals surface area (Å²) < 4.78 is 0. The molecule has 5 rings (SSSR count). The van der Waals surface area contributed by atoms with E-state index in [9.17, 15) is 9.59 Å². The van der Waals surface area contributed by atoms with Gasteiger partial charge in [0, 0.05) is 36.2 Å². The van der Waals surface area contributed by atoms with Crippen LogP contribution in [0.2, 0.25) is 0 Å². The van der Waals surface area contributed by atoms with E-state index in [2.05, 4.69) is 22.3 Å². The topological polar surface area (TPSA) is 84.9 Å². The van der Waals surface area contributed by atoms with Crippen LogP contribution in [0, 0.1) is 5.92 Å². The highest BCUT2D eigenvalue weighted by Gasteiger charge is 2.38. The molecule has 7 heteroatoms. The molecule has 0 unspecified atom stereocenters. The Morgan fingerprint density at radius 3 is 2.24 bits per heavy atom. The lowest BCUT2D eigenvalue weighted by atomic mass is 9.96. The molecule has 1 saturated carbocycles. The summed E-state index contributed by atoms with van der Waals surface area (Å²) in [5.41, 5.74) is 5.56. The highest BCUT2D eigenvalue weighted by molar-refractivity contribution is 5.94. The molecule has 3 N–H and O–H groups in total. The third kappa shape index (κ3) is 7.01. The second-order valence-electron chi connectivity index (χ2n) is 11.4. The lowest BCUT2D eigenvalue weighted by Gasteiger charge is -2.32. The first-order valence-corrected chi connectivity index (χ1v) is 14.5. The minimum atomic E-state index is -0.471. The average molecular weight is 519 g/mol. The van der Waals surface area contributed by atoms with Gasteiger partial charge in [0.05, 0.1) is 0 Å².